The molecule has 3 atom stereocenters. The number of para-hydroxylation sites is 2. The van der Waals surface area contributed by atoms with Gasteiger partial charge in [-0.2, -0.15) is 0 Å². The number of hydrogen-bond acceptors (Lipinski definition) is 5. The van der Waals surface area contributed by atoms with Crippen molar-refractivity contribution in [3.05, 3.63) is 65.5 Å². The maximum absolute atomic E-state index is 12.3. The Hall–Kier alpha value is -2.74. The van der Waals surface area contributed by atoms with Crippen LogP contribution in [0.1, 0.15) is 63.4 Å². The maximum atomic E-state index is 12.3. The Labute approximate surface area is 206 Å². The van der Waals surface area contributed by atoms with Gasteiger partial charge in [-0.25, -0.2) is 10.5 Å². The summed E-state index contributed by atoms with van der Waals surface area (Å²) < 4.78 is 8.35. The molecule has 1 aromatic heterocycles. The summed E-state index contributed by atoms with van der Waals surface area (Å²) in [5.41, 5.74) is 6.14. The smallest absolute Gasteiger partial charge is 0.248 e. The molecule has 2 aromatic carbocycles. The molecule has 35 heavy (non-hydrogen) atoms. The van der Waals surface area contributed by atoms with Crippen molar-refractivity contribution in [2.24, 2.45) is 5.92 Å². The number of imidazole rings is 1. The van der Waals surface area contributed by atoms with Gasteiger partial charge in [0, 0.05) is 31.2 Å². The predicted octanol–water partition coefficient (Wildman–Crippen LogP) is 4.30. The van der Waals surface area contributed by atoms with Crippen LogP contribution in [0.5, 0.6) is 0 Å². The van der Waals surface area contributed by atoms with E-state index in [9.17, 15) is 10.0 Å². The van der Waals surface area contributed by atoms with E-state index in [2.05, 4.69) is 73.1 Å². The molecule has 1 spiro atoms. The van der Waals surface area contributed by atoms with Crippen LogP contribution in [0.2, 0.25) is 0 Å². The van der Waals surface area contributed by atoms with Gasteiger partial charge in [0.05, 0.1) is 22.6 Å². The molecular weight excluding hydrogens is 440 g/mol. The van der Waals surface area contributed by atoms with Gasteiger partial charge < -0.3 is 14.6 Å². The van der Waals surface area contributed by atoms with Gasteiger partial charge in [0.25, 0.3) is 0 Å². The quantitative estimate of drug-likeness (QED) is 0.365. The molecular formula is C28H36N4O3. The van der Waals surface area contributed by atoms with Crippen LogP contribution in [-0.2, 0) is 28.0 Å². The monoisotopic (exact) mass is 476 g/mol. The van der Waals surface area contributed by atoms with Crippen LogP contribution in [0.4, 0.5) is 0 Å². The van der Waals surface area contributed by atoms with Gasteiger partial charge in [0.2, 0.25) is 5.91 Å². The van der Waals surface area contributed by atoms with Crippen LogP contribution in [0.3, 0.4) is 0 Å². The van der Waals surface area contributed by atoms with Crippen LogP contribution >= 0.6 is 0 Å². The molecule has 3 N–H and O–H groups in total. The molecule has 1 amide bonds. The van der Waals surface area contributed by atoms with Gasteiger partial charge in [0.1, 0.15) is 5.82 Å². The predicted molar refractivity (Wildman–Crippen MR) is 135 cm³/mol. The van der Waals surface area contributed by atoms with Gasteiger partial charge in [-0.1, -0.05) is 57.2 Å². The number of carbonyl (C=O) groups excluding carboxylic acids is 1. The summed E-state index contributed by atoms with van der Waals surface area (Å²) >= 11 is 0. The first-order valence-electron chi connectivity index (χ1n) is 12.6. The first-order chi connectivity index (χ1) is 16.8. The average Bonchev–Trinajstić information content (AvgIpc) is 3.56. The van der Waals surface area contributed by atoms with Crippen molar-refractivity contribution < 1.29 is 14.7 Å². The van der Waals surface area contributed by atoms with Crippen LogP contribution in [0.15, 0.2) is 48.5 Å². The molecule has 7 nitrogen and oxygen atoms in total. The average molecular weight is 477 g/mol. The zero-order chi connectivity index (χ0) is 24.6. The van der Waals surface area contributed by atoms with E-state index in [4.69, 9.17) is 9.72 Å². The fraction of sp³-hybridized carbons (Fsp3) is 0.500. The van der Waals surface area contributed by atoms with Gasteiger partial charge in [-0.05, 0) is 48.9 Å². The van der Waals surface area contributed by atoms with Crippen molar-refractivity contribution in [1.82, 2.24) is 20.3 Å². The highest BCUT2D eigenvalue weighted by atomic mass is 16.5. The Balaban J connectivity index is 1.28. The Bertz CT molecular complexity index is 1190. The number of rotatable bonds is 6. The van der Waals surface area contributed by atoms with Crippen LogP contribution in [0, 0.1) is 5.92 Å². The fourth-order valence-electron chi connectivity index (χ4n) is 5.82. The number of hydroxylamine groups is 1. The van der Waals surface area contributed by atoms with Crippen LogP contribution in [0.25, 0.3) is 11.0 Å². The normalized spacial score (nSPS) is 24.5. The number of carbonyl (C=O) groups is 1. The largest absolute Gasteiger partial charge is 0.375 e. The number of hydrogen-bond donors (Lipinski definition) is 3. The van der Waals surface area contributed by atoms with Crippen LogP contribution < -0.4 is 10.8 Å². The Morgan fingerprint density at radius 2 is 1.89 bits per heavy atom. The number of nitrogens with zero attached hydrogens (tertiary/aromatic N) is 2. The minimum Gasteiger partial charge on any atom is -0.375 e. The van der Waals surface area contributed by atoms with E-state index in [0.717, 1.165) is 54.8 Å². The molecule has 186 valence electrons. The summed E-state index contributed by atoms with van der Waals surface area (Å²) in [7, 11) is 0. The minimum atomic E-state index is -0.326. The van der Waals surface area contributed by atoms with Crippen molar-refractivity contribution >= 4 is 16.9 Å². The second kappa shape index (κ2) is 9.37. The first-order valence-corrected chi connectivity index (χ1v) is 12.6. The molecule has 2 aliphatic rings. The lowest BCUT2D eigenvalue weighted by Gasteiger charge is -2.22. The highest BCUT2D eigenvalue weighted by Crippen LogP contribution is 2.44. The summed E-state index contributed by atoms with van der Waals surface area (Å²) in [4.78, 5) is 17.2. The molecule has 1 unspecified atom stereocenters. The van der Waals surface area contributed by atoms with Gasteiger partial charge in [0.15, 0.2) is 0 Å². The summed E-state index contributed by atoms with van der Waals surface area (Å²) in [6, 6.07) is 16.9. The molecule has 7 heteroatoms. The van der Waals surface area contributed by atoms with E-state index >= 15 is 0 Å². The van der Waals surface area contributed by atoms with E-state index in [1.165, 1.54) is 5.56 Å². The molecule has 0 bridgehead atoms. The molecule has 2 heterocycles. The van der Waals surface area contributed by atoms with E-state index in [0.29, 0.717) is 13.0 Å². The standard InChI is InChI=1S/C28H36N4O3/c1-27(2,3)26-30-22-7-4-5-8-24(22)32(26)18-20-11-9-19(10-12-20)17-29-23-16-28(13-6-14-35-28)15-21(23)25(33)31-34/h4-5,7-12,21,23,29,34H,6,13-18H2,1-3H3,(H,31,33)/t21-,23?,28-/m1/s1. The third-order valence-electron chi connectivity index (χ3n) is 7.56. The fourth-order valence-corrected chi connectivity index (χ4v) is 5.82. The van der Waals surface area contributed by atoms with E-state index in [-0.39, 0.29) is 28.9 Å². The minimum absolute atomic E-state index is 0.0217. The molecule has 1 saturated carbocycles. The Morgan fingerprint density at radius 1 is 1.14 bits per heavy atom. The van der Waals surface area contributed by atoms with Gasteiger partial charge >= 0.3 is 0 Å². The van der Waals surface area contributed by atoms with E-state index in [1.54, 1.807) is 0 Å². The third-order valence-corrected chi connectivity index (χ3v) is 7.56. The summed E-state index contributed by atoms with van der Waals surface area (Å²) in [6.07, 6.45) is 3.47. The molecule has 2 fully saturated rings. The van der Waals surface area contributed by atoms with Crippen molar-refractivity contribution in [3.63, 3.8) is 0 Å². The Morgan fingerprint density at radius 3 is 2.57 bits per heavy atom. The second-order valence-electron chi connectivity index (χ2n) is 11.2. The molecule has 1 aliphatic carbocycles. The molecule has 1 saturated heterocycles. The molecule has 1 aliphatic heterocycles. The van der Waals surface area contributed by atoms with Crippen molar-refractivity contribution in [1.29, 1.82) is 0 Å². The third kappa shape index (κ3) is 4.85. The summed E-state index contributed by atoms with van der Waals surface area (Å²) in [6.45, 7) is 8.79. The highest BCUT2D eigenvalue weighted by Gasteiger charge is 2.50. The van der Waals surface area contributed by atoms with Crippen molar-refractivity contribution in [3.8, 4) is 0 Å². The van der Waals surface area contributed by atoms with Crippen LogP contribution in [-0.4, -0.2) is 38.9 Å². The second-order valence-corrected chi connectivity index (χ2v) is 11.2. The van der Waals surface area contributed by atoms with Crippen molar-refractivity contribution in [2.75, 3.05) is 6.61 Å². The SMILES string of the molecule is CC(C)(C)c1nc2ccccc2n1Cc1ccc(CNC2C[C@@]3(CCCO3)C[C@H]2C(=O)NO)cc1. The molecule has 5 rings (SSSR count). The van der Waals surface area contributed by atoms with E-state index in [1.807, 2.05) is 11.5 Å². The topological polar surface area (TPSA) is 88.4 Å². The zero-order valence-electron chi connectivity index (χ0n) is 20.9. The van der Waals surface area contributed by atoms with E-state index < -0.39 is 0 Å². The number of aromatic nitrogens is 2. The number of fused-ring (bicyclic) bond motifs is 1. The number of nitrogens with one attached hydrogen (secondary N) is 2. The lowest BCUT2D eigenvalue weighted by Crippen LogP contribution is -2.40. The zero-order valence-corrected chi connectivity index (χ0v) is 20.9. The number of ether oxygens (including phenoxy) is 1. The lowest BCUT2D eigenvalue weighted by molar-refractivity contribution is -0.134. The molecule has 3 aromatic rings. The number of benzene rings is 2. The van der Waals surface area contributed by atoms with Crippen molar-refractivity contribution in [2.45, 2.75) is 76.6 Å². The highest BCUT2D eigenvalue weighted by molar-refractivity contribution is 5.79. The maximum Gasteiger partial charge on any atom is 0.248 e. The van der Waals surface area contributed by atoms with Gasteiger partial charge in [-0.15, -0.1) is 0 Å². The number of amides is 1. The Kier molecular flexibility index (Phi) is 6.42. The van der Waals surface area contributed by atoms with Gasteiger partial charge in [-0.3, -0.25) is 10.0 Å². The summed E-state index contributed by atoms with van der Waals surface area (Å²) in [5, 5.41) is 12.8. The summed E-state index contributed by atoms with van der Waals surface area (Å²) in [5.74, 6) is 0.470. The first kappa shape index (κ1) is 24.0. The molecule has 0 radical (unpaired) electrons. The lowest BCUT2D eigenvalue weighted by atomic mass is 9.95.